The van der Waals surface area contributed by atoms with E-state index in [1.807, 2.05) is 46.9 Å². The van der Waals surface area contributed by atoms with Crippen LogP contribution in [0.4, 0.5) is 4.39 Å². The van der Waals surface area contributed by atoms with Crippen molar-refractivity contribution in [2.24, 2.45) is 5.92 Å². The Morgan fingerprint density at radius 2 is 1.83 bits per heavy atom. The van der Waals surface area contributed by atoms with Crippen LogP contribution in [-0.2, 0) is 5.41 Å². The van der Waals surface area contributed by atoms with Crippen molar-refractivity contribution in [3.8, 4) is 0 Å². The summed E-state index contributed by atoms with van der Waals surface area (Å²) in [6, 6.07) is 10.4. The third-order valence-electron chi connectivity index (χ3n) is 6.36. The summed E-state index contributed by atoms with van der Waals surface area (Å²) in [5.74, 6) is 1.21. The van der Waals surface area contributed by atoms with Gasteiger partial charge in [0.15, 0.2) is 0 Å². The van der Waals surface area contributed by atoms with Gasteiger partial charge in [0.05, 0.1) is 12.0 Å². The summed E-state index contributed by atoms with van der Waals surface area (Å²) in [5.41, 5.74) is 4.95. The molecule has 0 amide bonds. The number of aryl methyl sites for hydroxylation is 2. The summed E-state index contributed by atoms with van der Waals surface area (Å²) in [6.45, 7) is 18.5. The summed E-state index contributed by atoms with van der Waals surface area (Å²) >= 11 is 0. The third kappa shape index (κ3) is 6.24. The van der Waals surface area contributed by atoms with E-state index < -0.39 is 0 Å². The monoisotopic (exact) mass is 489 g/mol. The van der Waals surface area contributed by atoms with Crippen LogP contribution in [0.25, 0.3) is 16.3 Å². The van der Waals surface area contributed by atoms with Gasteiger partial charge in [-0.3, -0.25) is 4.98 Å². The van der Waals surface area contributed by atoms with Crippen molar-refractivity contribution in [3.05, 3.63) is 95.0 Å². The largest absolute Gasteiger partial charge is 0.469 e. The van der Waals surface area contributed by atoms with Crippen molar-refractivity contribution in [1.82, 2.24) is 4.98 Å². The third-order valence-corrected chi connectivity index (χ3v) is 6.36. The van der Waals surface area contributed by atoms with E-state index in [1.54, 1.807) is 12.3 Å². The smallest absolute Gasteiger partial charge is 0.123 e. The molecule has 1 aromatic carbocycles. The minimum Gasteiger partial charge on any atom is -0.469 e. The Kier molecular flexibility index (Phi) is 10.9. The molecule has 2 heterocycles. The Hall–Kier alpha value is -2.94. The molecule has 0 bridgehead atoms. The molecule has 1 atom stereocenters. The van der Waals surface area contributed by atoms with Crippen molar-refractivity contribution in [2.75, 3.05) is 0 Å². The fourth-order valence-corrected chi connectivity index (χ4v) is 4.92. The quantitative estimate of drug-likeness (QED) is 0.335. The van der Waals surface area contributed by atoms with Crippen LogP contribution in [0.1, 0.15) is 90.3 Å². The van der Waals surface area contributed by atoms with E-state index in [9.17, 15) is 4.39 Å². The molecule has 2 nitrogen and oxygen atoms in total. The summed E-state index contributed by atoms with van der Waals surface area (Å²) in [5, 5.41) is 2.39. The van der Waals surface area contributed by atoms with Crippen molar-refractivity contribution in [3.63, 3.8) is 0 Å². The molecular formula is C33H44FNO. The lowest BCUT2D eigenvalue weighted by Gasteiger charge is -2.40. The predicted molar refractivity (Wildman–Crippen MR) is 154 cm³/mol. The zero-order valence-electron chi connectivity index (χ0n) is 23.7. The van der Waals surface area contributed by atoms with E-state index in [0.29, 0.717) is 5.92 Å². The first kappa shape index (κ1) is 29.3. The van der Waals surface area contributed by atoms with Crippen molar-refractivity contribution >= 4 is 16.3 Å². The summed E-state index contributed by atoms with van der Waals surface area (Å²) in [6.07, 6.45) is 12.5. The lowest BCUT2D eigenvalue weighted by molar-refractivity contribution is 0.524. The molecule has 36 heavy (non-hydrogen) atoms. The Balaban J connectivity index is 0.000000318. The second-order valence-corrected chi connectivity index (χ2v) is 9.71. The first-order valence-electron chi connectivity index (χ1n) is 13.4. The molecule has 0 radical (unpaired) electrons. The fourth-order valence-electron chi connectivity index (χ4n) is 4.92. The normalized spacial score (nSPS) is 17.2. The van der Waals surface area contributed by atoms with E-state index in [-0.39, 0.29) is 11.2 Å². The van der Waals surface area contributed by atoms with E-state index in [4.69, 9.17) is 9.40 Å². The molecule has 0 spiro atoms. The number of hydrogen-bond acceptors (Lipinski definition) is 2. The Morgan fingerprint density at radius 1 is 1.14 bits per heavy atom. The van der Waals surface area contributed by atoms with Crippen LogP contribution in [0.15, 0.2) is 76.8 Å². The molecule has 2 aromatic heterocycles. The summed E-state index contributed by atoms with van der Waals surface area (Å²) in [7, 11) is 0. The molecule has 3 heteroatoms. The number of furan rings is 1. The summed E-state index contributed by atoms with van der Waals surface area (Å²) < 4.78 is 19.9. The predicted octanol–water partition coefficient (Wildman–Crippen LogP) is 10.5. The average molecular weight is 490 g/mol. The van der Waals surface area contributed by atoms with E-state index in [0.717, 1.165) is 35.4 Å². The highest BCUT2D eigenvalue weighted by Crippen LogP contribution is 2.53. The van der Waals surface area contributed by atoms with E-state index in [1.165, 1.54) is 28.3 Å². The van der Waals surface area contributed by atoms with Crippen LogP contribution in [-0.4, -0.2) is 4.98 Å². The van der Waals surface area contributed by atoms with Gasteiger partial charge in [0.1, 0.15) is 11.6 Å². The number of benzene rings is 1. The van der Waals surface area contributed by atoms with Crippen molar-refractivity contribution in [1.29, 1.82) is 0 Å². The number of allylic oxidation sites excluding steroid dienone is 6. The molecule has 0 aliphatic heterocycles. The van der Waals surface area contributed by atoms with Crippen LogP contribution in [0.2, 0.25) is 0 Å². The molecule has 194 valence electrons. The van der Waals surface area contributed by atoms with Gasteiger partial charge in [-0.2, -0.15) is 0 Å². The van der Waals surface area contributed by atoms with Gasteiger partial charge < -0.3 is 4.42 Å². The Morgan fingerprint density at radius 3 is 2.39 bits per heavy atom. The lowest BCUT2D eigenvalue weighted by Crippen LogP contribution is -2.30. The van der Waals surface area contributed by atoms with E-state index >= 15 is 0 Å². The maximum absolute atomic E-state index is 14.9. The molecule has 0 fully saturated rings. The Bertz CT molecular complexity index is 1200. The number of halogens is 1. The van der Waals surface area contributed by atoms with Crippen LogP contribution in [0, 0.1) is 19.8 Å². The van der Waals surface area contributed by atoms with Crippen LogP contribution < -0.4 is 0 Å². The van der Waals surface area contributed by atoms with Gasteiger partial charge in [-0.1, -0.05) is 78.3 Å². The van der Waals surface area contributed by atoms with E-state index in [2.05, 4.69) is 64.1 Å². The van der Waals surface area contributed by atoms with Gasteiger partial charge in [-0.05, 0) is 79.8 Å². The molecule has 1 unspecified atom stereocenters. The van der Waals surface area contributed by atoms with Gasteiger partial charge >= 0.3 is 0 Å². The molecule has 0 saturated heterocycles. The second-order valence-electron chi connectivity index (χ2n) is 9.71. The average Bonchev–Trinajstić information content (AvgIpc) is 3.26. The molecule has 0 N–H and O–H groups in total. The fraction of sp³-hybridized carbons (Fsp3) is 0.424. The van der Waals surface area contributed by atoms with Gasteiger partial charge in [0, 0.05) is 22.6 Å². The molecule has 2 aliphatic rings. The topological polar surface area (TPSA) is 26.0 Å². The van der Waals surface area contributed by atoms with Crippen LogP contribution in [0.5, 0.6) is 0 Å². The lowest BCUT2D eigenvalue weighted by atomic mass is 9.64. The number of hydrogen-bond donors (Lipinski definition) is 0. The number of pyridine rings is 1. The maximum Gasteiger partial charge on any atom is 0.123 e. The molecule has 2 aliphatic carbocycles. The zero-order valence-corrected chi connectivity index (χ0v) is 23.7. The van der Waals surface area contributed by atoms with Crippen molar-refractivity contribution in [2.45, 2.75) is 87.0 Å². The second kappa shape index (κ2) is 13.4. The summed E-state index contributed by atoms with van der Waals surface area (Å²) in [4.78, 5) is 4.70. The highest BCUT2D eigenvalue weighted by atomic mass is 19.1. The SMILES string of the molecule is CC.CC=CCC1CC=C(F)C2=C1c1nccc3cccc(c13)C2(C)C.CCC.Cc1coc(C)c1. The van der Waals surface area contributed by atoms with Gasteiger partial charge in [0.2, 0.25) is 0 Å². The highest BCUT2D eigenvalue weighted by molar-refractivity contribution is 6.00. The molecule has 5 rings (SSSR count). The molecular weight excluding hydrogens is 445 g/mol. The number of aromatic nitrogens is 1. The van der Waals surface area contributed by atoms with Crippen molar-refractivity contribution < 1.29 is 8.81 Å². The van der Waals surface area contributed by atoms with Gasteiger partial charge in [0.25, 0.3) is 0 Å². The number of nitrogens with zero attached hydrogens (tertiary/aromatic N) is 1. The zero-order chi connectivity index (χ0) is 26.9. The van der Waals surface area contributed by atoms with Crippen LogP contribution in [0.3, 0.4) is 0 Å². The first-order chi connectivity index (χ1) is 17.3. The first-order valence-corrected chi connectivity index (χ1v) is 13.4. The maximum atomic E-state index is 14.9. The molecule has 0 saturated carbocycles. The minimum atomic E-state index is -0.347. The Labute approximate surface area is 218 Å². The number of rotatable bonds is 2. The standard InChI is InChI=1S/C22H22FN.C6H8O.C3H8.C2H6/c1-4-5-7-14-10-11-17(23)20-19(14)21-18-15(12-13-24-21)8-6-9-16(18)22(20,2)3;1-5-3-6(2)7-4-5;1-3-2;1-2/h4-6,8-9,11-14H,7,10H2,1-3H3;3-4H,1-2H3;3H2,1-2H3;1-2H3. The van der Waals surface area contributed by atoms with Crippen LogP contribution >= 0.6 is 0 Å². The molecule has 3 aromatic rings. The van der Waals surface area contributed by atoms with Gasteiger partial charge in [-0.25, -0.2) is 4.39 Å². The van der Waals surface area contributed by atoms with Gasteiger partial charge in [-0.15, -0.1) is 0 Å². The number of fused-ring (bicyclic) bond motifs is 1. The minimum absolute atomic E-state index is 0.0694. The highest BCUT2D eigenvalue weighted by Gasteiger charge is 2.41.